The molecule has 1 fully saturated rings. The number of rotatable bonds is 5. The SMILES string of the molecule is FC(F)(F)C1CCCN(CCNCc2cccs2)C1. The van der Waals surface area contributed by atoms with Crippen molar-refractivity contribution in [1.82, 2.24) is 10.2 Å². The summed E-state index contributed by atoms with van der Waals surface area (Å²) in [5.41, 5.74) is 0. The molecule has 1 aliphatic rings. The molecule has 1 N–H and O–H groups in total. The lowest BCUT2D eigenvalue weighted by Crippen LogP contribution is -2.44. The molecule has 0 aliphatic carbocycles. The molecule has 0 spiro atoms. The Kier molecular flexibility index (Phi) is 5.24. The maximum Gasteiger partial charge on any atom is 0.393 e. The zero-order valence-electron chi connectivity index (χ0n) is 10.7. The van der Waals surface area contributed by atoms with Crippen LogP contribution < -0.4 is 5.32 Å². The predicted molar refractivity (Wildman–Crippen MR) is 71.2 cm³/mol. The van der Waals surface area contributed by atoms with Crippen molar-refractivity contribution in [3.8, 4) is 0 Å². The molecular formula is C13H19F3N2S. The minimum absolute atomic E-state index is 0.157. The van der Waals surface area contributed by atoms with Gasteiger partial charge in [0.15, 0.2) is 0 Å². The molecule has 1 aliphatic heterocycles. The first kappa shape index (κ1) is 14.8. The van der Waals surface area contributed by atoms with E-state index in [0.717, 1.165) is 19.6 Å². The monoisotopic (exact) mass is 292 g/mol. The molecule has 2 heterocycles. The fourth-order valence-corrected chi connectivity index (χ4v) is 3.06. The van der Waals surface area contributed by atoms with Crippen LogP contribution in [0.15, 0.2) is 17.5 Å². The van der Waals surface area contributed by atoms with Crippen LogP contribution in [0, 0.1) is 5.92 Å². The highest BCUT2D eigenvalue weighted by Gasteiger charge is 2.41. The highest BCUT2D eigenvalue weighted by molar-refractivity contribution is 7.09. The number of thiophene rings is 1. The van der Waals surface area contributed by atoms with E-state index in [0.29, 0.717) is 13.0 Å². The molecule has 2 rings (SSSR count). The molecule has 108 valence electrons. The Labute approximate surface area is 115 Å². The van der Waals surface area contributed by atoms with E-state index in [4.69, 9.17) is 0 Å². The van der Waals surface area contributed by atoms with Gasteiger partial charge in [-0.25, -0.2) is 0 Å². The van der Waals surface area contributed by atoms with Gasteiger partial charge in [-0.05, 0) is 30.8 Å². The molecule has 0 bridgehead atoms. The largest absolute Gasteiger partial charge is 0.393 e. The maximum absolute atomic E-state index is 12.6. The number of nitrogens with one attached hydrogen (secondary N) is 1. The van der Waals surface area contributed by atoms with Gasteiger partial charge >= 0.3 is 6.18 Å². The van der Waals surface area contributed by atoms with Crippen molar-refractivity contribution in [2.24, 2.45) is 5.92 Å². The van der Waals surface area contributed by atoms with Gasteiger partial charge in [0.2, 0.25) is 0 Å². The summed E-state index contributed by atoms with van der Waals surface area (Å²) in [4.78, 5) is 3.18. The van der Waals surface area contributed by atoms with Crippen LogP contribution in [0.2, 0.25) is 0 Å². The van der Waals surface area contributed by atoms with E-state index in [1.165, 1.54) is 4.88 Å². The molecule has 0 amide bonds. The van der Waals surface area contributed by atoms with Crippen molar-refractivity contribution in [2.75, 3.05) is 26.2 Å². The normalized spacial score (nSPS) is 21.7. The third kappa shape index (κ3) is 4.78. The van der Waals surface area contributed by atoms with E-state index in [2.05, 4.69) is 11.4 Å². The number of alkyl halides is 3. The lowest BCUT2D eigenvalue weighted by molar-refractivity contribution is -0.186. The highest BCUT2D eigenvalue weighted by Crippen LogP contribution is 2.32. The lowest BCUT2D eigenvalue weighted by atomic mass is 9.97. The molecule has 1 atom stereocenters. The topological polar surface area (TPSA) is 15.3 Å². The Hall–Kier alpha value is -0.590. The van der Waals surface area contributed by atoms with Gasteiger partial charge in [-0.3, -0.25) is 0 Å². The summed E-state index contributed by atoms with van der Waals surface area (Å²) in [6.07, 6.45) is -3.11. The summed E-state index contributed by atoms with van der Waals surface area (Å²) in [7, 11) is 0. The summed E-state index contributed by atoms with van der Waals surface area (Å²) < 4.78 is 37.9. The molecule has 0 radical (unpaired) electrons. The summed E-state index contributed by atoms with van der Waals surface area (Å²) in [6, 6.07) is 4.05. The van der Waals surface area contributed by atoms with Crippen molar-refractivity contribution in [3.05, 3.63) is 22.4 Å². The van der Waals surface area contributed by atoms with E-state index >= 15 is 0 Å². The molecule has 2 nitrogen and oxygen atoms in total. The first-order valence-corrected chi connectivity index (χ1v) is 7.46. The van der Waals surface area contributed by atoms with E-state index in [-0.39, 0.29) is 13.0 Å². The van der Waals surface area contributed by atoms with E-state index < -0.39 is 12.1 Å². The van der Waals surface area contributed by atoms with Gasteiger partial charge in [-0.15, -0.1) is 11.3 Å². The van der Waals surface area contributed by atoms with E-state index in [9.17, 15) is 13.2 Å². The van der Waals surface area contributed by atoms with Crippen LogP contribution in [0.3, 0.4) is 0 Å². The van der Waals surface area contributed by atoms with Crippen molar-refractivity contribution in [2.45, 2.75) is 25.6 Å². The second-order valence-corrected chi connectivity index (χ2v) is 5.97. The Balaban J connectivity index is 1.65. The molecule has 19 heavy (non-hydrogen) atoms. The molecule has 1 aromatic rings. The zero-order valence-corrected chi connectivity index (χ0v) is 11.6. The van der Waals surface area contributed by atoms with E-state index in [1.807, 2.05) is 16.3 Å². The number of halogens is 3. The average Bonchev–Trinajstić information content (AvgIpc) is 2.87. The van der Waals surface area contributed by atoms with Crippen LogP contribution in [0.1, 0.15) is 17.7 Å². The first-order chi connectivity index (χ1) is 9.05. The van der Waals surface area contributed by atoms with Crippen molar-refractivity contribution < 1.29 is 13.2 Å². The van der Waals surface area contributed by atoms with Gasteiger partial charge in [0.25, 0.3) is 0 Å². The van der Waals surface area contributed by atoms with Crippen LogP contribution in [0.25, 0.3) is 0 Å². The number of likely N-dealkylation sites (tertiary alicyclic amines) is 1. The Bertz CT molecular complexity index is 364. The van der Waals surface area contributed by atoms with Crippen LogP contribution >= 0.6 is 11.3 Å². The summed E-state index contributed by atoms with van der Waals surface area (Å²) in [5.74, 6) is -1.14. The van der Waals surface area contributed by atoms with Crippen molar-refractivity contribution in [3.63, 3.8) is 0 Å². The van der Waals surface area contributed by atoms with Gasteiger partial charge in [0.05, 0.1) is 5.92 Å². The second-order valence-electron chi connectivity index (χ2n) is 4.94. The minimum atomic E-state index is -4.04. The minimum Gasteiger partial charge on any atom is -0.311 e. The molecule has 0 saturated carbocycles. The standard InChI is InChI=1S/C13H19F3N2S/c14-13(15,16)11-3-1-6-18(10-11)7-5-17-9-12-4-2-8-19-12/h2,4,8,11,17H,1,3,5-7,9-10H2. The molecule has 1 unspecified atom stereocenters. The fraction of sp³-hybridized carbons (Fsp3) is 0.692. The van der Waals surface area contributed by atoms with Crippen LogP contribution in [0.5, 0.6) is 0 Å². The summed E-state index contributed by atoms with van der Waals surface area (Å²) in [6.45, 7) is 3.17. The lowest BCUT2D eigenvalue weighted by Gasteiger charge is -2.33. The predicted octanol–water partition coefficient (Wildman–Crippen LogP) is 3.11. The Morgan fingerprint density at radius 1 is 1.42 bits per heavy atom. The Morgan fingerprint density at radius 3 is 2.95 bits per heavy atom. The second kappa shape index (κ2) is 6.72. The molecule has 1 saturated heterocycles. The Morgan fingerprint density at radius 2 is 2.26 bits per heavy atom. The third-order valence-electron chi connectivity index (χ3n) is 3.45. The van der Waals surface area contributed by atoms with Crippen LogP contribution in [-0.2, 0) is 6.54 Å². The maximum atomic E-state index is 12.6. The number of piperidine rings is 1. The van der Waals surface area contributed by atoms with Crippen molar-refractivity contribution in [1.29, 1.82) is 0 Å². The molecule has 0 aromatic carbocycles. The quantitative estimate of drug-likeness (QED) is 0.839. The number of hydrogen-bond donors (Lipinski definition) is 1. The van der Waals surface area contributed by atoms with E-state index in [1.54, 1.807) is 11.3 Å². The van der Waals surface area contributed by atoms with Crippen LogP contribution in [-0.4, -0.2) is 37.3 Å². The van der Waals surface area contributed by atoms with Crippen LogP contribution in [0.4, 0.5) is 13.2 Å². The first-order valence-electron chi connectivity index (χ1n) is 6.58. The third-order valence-corrected chi connectivity index (χ3v) is 4.33. The smallest absolute Gasteiger partial charge is 0.311 e. The number of nitrogens with zero attached hydrogens (tertiary/aromatic N) is 1. The zero-order chi connectivity index (χ0) is 13.7. The van der Waals surface area contributed by atoms with Crippen molar-refractivity contribution >= 4 is 11.3 Å². The van der Waals surface area contributed by atoms with Gasteiger partial charge in [0, 0.05) is 31.1 Å². The summed E-state index contributed by atoms with van der Waals surface area (Å²) >= 11 is 1.69. The average molecular weight is 292 g/mol. The summed E-state index contributed by atoms with van der Waals surface area (Å²) in [5, 5.41) is 5.30. The fourth-order valence-electron chi connectivity index (χ4n) is 2.39. The molecule has 1 aromatic heterocycles. The molecule has 6 heteroatoms. The number of hydrogen-bond acceptors (Lipinski definition) is 3. The van der Waals surface area contributed by atoms with Gasteiger partial charge in [-0.1, -0.05) is 6.07 Å². The highest BCUT2D eigenvalue weighted by atomic mass is 32.1. The van der Waals surface area contributed by atoms with Gasteiger partial charge in [0.1, 0.15) is 0 Å². The van der Waals surface area contributed by atoms with Gasteiger partial charge < -0.3 is 10.2 Å². The molecular weight excluding hydrogens is 273 g/mol. The van der Waals surface area contributed by atoms with Gasteiger partial charge in [-0.2, -0.15) is 13.2 Å².